The summed E-state index contributed by atoms with van der Waals surface area (Å²) >= 11 is 1.69. The zero-order valence-corrected chi connectivity index (χ0v) is 11.5. The predicted octanol–water partition coefficient (Wildman–Crippen LogP) is 4.67. The molecule has 2 aromatic rings. The second kappa shape index (κ2) is 6.77. The first-order valence-electron chi connectivity index (χ1n) is 5.95. The van der Waals surface area contributed by atoms with Gasteiger partial charge in [-0.15, -0.1) is 18.3 Å². The van der Waals surface area contributed by atoms with Gasteiger partial charge in [-0.2, -0.15) is 0 Å². The molecule has 0 saturated heterocycles. The van der Waals surface area contributed by atoms with Crippen molar-refractivity contribution in [3.8, 4) is 11.5 Å². The van der Waals surface area contributed by atoms with Crippen molar-refractivity contribution < 1.29 is 9.66 Å². The number of non-ortho nitro benzene ring substituents is 1. The van der Waals surface area contributed by atoms with Crippen LogP contribution in [0, 0.1) is 10.1 Å². The summed E-state index contributed by atoms with van der Waals surface area (Å²) in [5, 5.41) is 10.5. The van der Waals surface area contributed by atoms with Gasteiger partial charge in [0.05, 0.1) is 4.92 Å². The van der Waals surface area contributed by atoms with E-state index in [1.165, 1.54) is 12.1 Å². The van der Waals surface area contributed by atoms with Crippen molar-refractivity contribution in [2.75, 3.05) is 5.75 Å². The normalized spacial score (nSPS) is 10.0. The summed E-state index contributed by atoms with van der Waals surface area (Å²) in [6, 6.07) is 13.7. The van der Waals surface area contributed by atoms with Crippen LogP contribution in [0.3, 0.4) is 0 Å². The van der Waals surface area contributed by atoms with Crippen molar-refractivity contribution in [2.24, 2.45) is 0 Å². The fourth-order valence-corrected chi connectivity index (χ4v) is 2.17. The smallest absolute Gasteiger partial charge is 0.269 e. The van der Waals surface area contributed by atoms with Crippen molar-refractivity contribution in [2.45, 2.75) is 4.90 Å². The third kappa shape index (κ3) is 3.86. The lowest BCUT2D eigenvalue weighted by atomic mass is 10.3. The Morgan fingerprint density at radius 2 is 1.65 bits per heavy atom. The number of hydrogen-bond donors (Lipinski definition) is 0. The summed E-state index contributed by atoms with van der Waals surface area (Å²) in [7, 11) is 0. The van der Waals surface area contributed by atoms with Crippen LogP contribution in [-0.4, -0.2) is 10.7 Å². The molecule has 0 radical (unpaired) electrons. The molecule has 2 aromatic carbocycles. The lowest BCUT2D eigenvalue weighted by Gasteiger charge is -2.06. The average Bonchev–Trinajstić information content (AvgIpc) is 2.47. The molecule has 0 saturated carbocycles. The first-order chi connectivity index (χ1) is 9.69. The van der Waals surface area contributed by atoms with E-state index in [1.54, 1.807) is 23.9 Å². The molecule has 20 heavy (non-hydrogen) atoms. The largest absolute Gasteiger partial charge is 0.457 e. The van der Waals surface area contributed by atoms with Crippen molar-refractivity contribution in [3.05, 3.63) is 71.3 Å². The zero-order valence-electron chi connectivity index (χ0n) is 10.7. The minimum absolute atomic E-state index is 0.0496. The van der Waals surface area contributed by atoms with Gasteiger partial charge in [-0.3, -0.25) is 10.1 Å². The topological polar surface area (TPSA) is 52.4 Å². The summed E-state index contributed by atoms with van der Waals surface area (Å²) in [5.74, 6) is 2.13. The maximum atomic E-state index is 10.5. The summed E-state index contributed by atoms with van der Waals surface area (Å²) in [4.78, 5) is 11.3. The molecule has 0 spiro atoms. The van der Waals surface area contributed by atoms with Crippen LogP contribution >= 0.6 is 11.8 Å². The van der Waals surface area contributed by atoms with E-state index in [4.69, 9.17) is 4.74 Å². The zero-order chi connectivity index (χ0) is 14.4. The fraction of sp³-hybridized carbons (Fsp3) is 0.0667. The molecule has 2 rings (SSSR count). The molecule has 0 aliphatic carbocycles. The van der Waals surface area contributed by atoms with E-state index in [-0.39, 0.29) is 5.69 Å². The molecule has 4 nitrogen and oxygen atoms in total. The second-order valence-corrected chi connectivity index (χ2v) is 5.02. The second-order valence-electron chi connectivity index (χ2n) is 3.92. The molecule has 0 unspecified atom stereocenters. The SMILES string of the molecule is C=CCSc1ccc(Oc2ccc([N+](=O)[O-])cc2)cc1. The predicted molar refractivity (Wildman–Crippen MR) is 80.5 cm³/mol. The summed E-state index contributed by atoms with van der Waals surface area (Å²) in [6.07, 6.45) is 1.85. The Balaban J connectivity index is 2.02. The Morgan fingerprint density at radius 1 is 1.10 bits per heavy atom. The van der Waals surface area contributed by atoms with Gasteiger partial charge in [0.1, 0.15) is 11.5 Å². The van der Waals surface area contributed by atoms with Gasteiger partial charge in [0, 0.05) is 22.8 Å². The van der Waals surface area contributed by atoms with Gasteiger partial charge in [0.25, 0.3) is 5.69 Å². The Hall–Kier alpha value is -2.27. The lowest BCUT2D eigenvalue weighted by Crippen LogP contribution is -1.88. The van der Waals surface area contributed by atoms with Crippen molar-refractivity contribution in [3.63, 3.8) is 0 Å². The maximum absolute atomic E-state index is 10.5. The van der Waals surface area contributed by atoms with Crippen LogP contribution in [-0.2, 0) is 0 Å². The van der Waals surface area contributed by atoms with Gasteiger partial charge in [0.15, 0.2) is 0 Å². The van der Waals surface area contributed by atoms with Crippen LogP contribution in [0.2, 0.25) is 0 Å². The lowest BCUT2D eigenvalue weighted by molar-refractivity contribution is -0.384. The highest BCUT2D eigenvalue weighted by Crippen LogP contribution is 2.26. The molecule has 0 fully saturated rings. The van der Waals surface area contributed by atoms with E-state index in [0.29, 0.717) is 11.5 Å². The summed E-state index contributed by atoms with van der Waals surface area (Å²) in [5.41, 5.74) is 0.0496. The average molecular weight is 287 g/mol. The molecular weight excluding hydrogens is 274 g/mol. The highest BCUT2D eigenvalue weighted by Gasteiger charge is 2.05. The number of nitro groups is 1. The molecule has 0 aliphatic heterocycles. The molecule has 0 N–H and O–H groups in total. The molecule has 0 atom stereocenters. The number of ether oxygens (including phenoxy) is 1. The summed E-state index contributed by atoms with van der Waals surface area (Å²) < 4.78 is 5.62. The van der Waals surface area contributed by atoms with Gasteiger partial charge in [0.2, 0.25) is 0 Å². The Bertz CT molecular complexity index is 594. The van der Waals surface area contributed by atoms with Crippen LogP contribution in [0.4, 0.5) is 5.69 Å². The van der Waals surface area contributed by atoms with Gasteiger partial charge < -0.3 is 4.74 Å². The first-order valence-corrected chi connectivity index (χ1v) is 6.93. The van der Waals surface area contributed by atoms with E-state index in [1.807, 2.05) is 30.3 Å². The number of hydrogen-bond acceptors (Lipinski definition) is 4. The molecular formula is C15H13NO3S. The maximum Gasteiger partial charge on any atom is 0.269 e. The van der Waals surface area contributed by atoms with Crippen LogP contribution in [0.25, 0.3) is 0 Å². The molecule has 0 heterocycles. The first kappa shape index (κ1) is 14.1. The molecule has 0 bridgehead atoms. The monoisotopic (exact) mass is 287 g/mol. The van der Waals surface area contributed by atoms with E-state index >= 15 is 0 Å². The molecule has 102 valence electrons. The Labute approximate surface area is 121 Å². The minimum Gasteiger partial charge on any atom is -0.457 e. The Morgan fingerprint density at radius 3 is 2.15 bits per heavy atom. The highest BCUT2D eigenvalue weighted by molar-refractivity contribution is 7.99. The fourth-order valence-electron chi connectivity index (χ4n) is 1.53. The standard InChI is InChI=1S/C15H13NO3S/c1-2-11-20-15-9-7-14(8-10-15)19-13-5-3-12(4-6-13)16(17)18/h2-10H,1,11H2. The number of thioether (sulfide) groups is 1. The third-order valence-electron chi connectivity index (χ3n) is 2.47. The number of rotatable bonds is 6. The minimum atomic E-state index is -0.435. The number of benzene rings is 2. The highest BCUT2D eigenvalue weighted by atomic mass is 32.2. The van der Waals surface area contributed by atoms with Crippen LogP contribution in [0.1, 0.15) is 0 Å². The third-order valence-corrected chi connectivity index (χ3v) is 3.48. The van der Waals surface area contributed by atoms with Gasteiger partial charge in [-0.05, 0) is 36.4 Å². The molecule has 0 aliphatic rings. The van der Waals surface area contributed by atoms with Crippen LogP contribution < -0.4 is 4.74 Å². The number of nitrogens with zero attached hydrogens (tertiary/aromatic N) is 1. The van der Waals surface area contributed by atoms with Gasteiger partial charge >= 0.3 is 0 Å². The molecule has 5 heteroatoms. The van der Waals surface area contributed by atoms with E-state index < -0.39 is 4.92 Å². The van der Waals surface area contributed by atoms with Gasteiger partial charge in [-0.25, -0.2) is 0 Å². The van der Waals surface area contributed by atoms with Crippen molar-refractivity contribution >= 4 is 17.4 Å². The molecule has 0 amide bonds. The number of nitro benzene ring substituents is 1. The van der Waals surface area contributed by atoms with Crippen molar-refractivity contribution in [1.82, 2.24) is 0 Å². The van der Waals surface area contributed by atoms with Crippen LogP contribution in [0.15, 0.2) is 66.1 Å². The quantitative estimate of drug-likeness (QED) is 0.335. The van der Waals surface area contributed by atoms with Crippen molar-refractivity contribution in [1.29, 1.82) is 0 Å². The summed E-state index contributed by atoms with van der Waals surface area (Å²) in [6.45, 7) is 3.68. The van der Waals surface area contributed by atoms with E-state index in [9.17, 15) is 10.1 Å². The Kier molecular flexibility index (Phi) is 4.79. The van der Waals surface area contributed by atoms with Crippen LogP contribution in [0.5, 0.6) is 11.5 Å². The van der Waals surface area contributed by atoms with Gasteiger partial charge in [-0.1, -0.05) is 6.08 Å². The van der Waals surface area contributed by atoms with E-state index in [0.717, 1.165) is 10.6 Å². The van der Waals surface area contributed by atoms with E-state index in [2.05, 4.69) is 6.58 Å². The molecule has 0 aromatic heterocycles.